The van der Waals surface area contributed by atoms with Gasteiger partial charge in [-0.3, -0.25) is 4.79 Å². The molecule has 0 unspecified atom stereocenters. The summed E-state index contributed by atoms with van der Waals surface area (Å²) in [6, 6.07) is 11.8. The van der Waals surface area contributed by atoms with Gasteiger partial charge in [-0.25, -0.2) is 4.68 Å². The van der Waals surface area contributed by atoms with Gasteiger partial charge in [0.15, 0.2) is 5.82 Å². The van der Waals surface area contributed by atoms with Crippen LogP contribution >= 0.6 is 23.2 Å². The third-order valence-corrected chi connectivity index (χ3v) is 4.07. The number of hydrogen-bond acceptors (Lipinski definition) is 5. The Morgan fingerprint density at radius 2 is 1.93 bits per heavy atom. The molecular formula is C18H17Cl2N5O2. The molecule has 0 bridgehead atoms. The van der Waals surface area contributed by atoms with Crippen molar-refractivity contribution in [3.05, 3.63) is 63.9 Å². The van der Waals surface area contributed by atoms with E-state index in [9.17, 15) is 4.79 Å². The summed E-state index contributed by atoms with van der Waals surface area (Å²) < 4.78 is 7.41. The van der Waals surface area contributed by atoms with Crippen LogP contribution in [-0.4, -0.2) is 26.1 Å². The Morgan fingerprint density at radius 1 is 1.19 bits per heavy atom. The fourth-order valence-corrected chi connectivity index (χ4v) is 2.94. The first kappa shape index (κ1) is 19.1. The Hall–Kier alpha value is -2.64. The van der Waals surface area contributed by atoms with Crippen LogP contribution in [0.3, 0.4) is 0 Å². The molecule has 2 aromatic carbocycles. The van der Waals surface area contributed by atoms with Crippen LogP contribution in [0.4, 0.5) is 5.69 Å². The number of carbonyl (C=O) groups is 1. The highest BCUT2D eigenvalue weighted by atomic mass is 35.5. The summed E-state index contributed by atoms with van der Waals surface area (Å²) in [6.45, 7) is 4.15. The van der Waals surface area contributed by atoms with Crippen molar-refractivity contribution in [2.45, 2.75) is 26.5 Å². The number of aromatic nitrogens is 4. The molecule has 7 nitrogen and oxygen atoms in total. The minimum absolute atomic E-state index is 0.125. The van der Waals surface area contributed by atoms with E-state index >= 15 is 0 Å². The molecule has 0 aliphatic heterocycles. The number of tetrazole rings is 1. The first-order chi connectivity index (χ1) is 12.9. The van der Waals surface area contributed by atoms with Crippen LogP contribution in [-0.2, 0) is 6.61 Å². The number of rotatable bonds is 6. The number of hydrogen-bond donors (Lipinski definition) is 1. The number of ether oxygens (including phenoxy) is 1. The number of benzene rings is 2. The van der Waals surface area contributed by atoms with E-state index in [1.165, 1.54) is 0 Å². The van der Waals surface area contributed by atoms with Gasteiger partial charge >= 0.3 is 0 Å². The molecule has 1 N–H and O–H groups in total. The van der Waals surface area contributed by atoms with E-state index in [2.05, 4.69) is 20.8 Å². The van der Waals surface area contributed by atoms with E-state index in [4.69, 9.17) is 27.9 Å². The van der Waals surface area contributed by atoms with Crippen molar-refractivity contribution in [2.75, 3.05) is 5.32 Å². The first-order valence-corrected chi connectivity index (χ1v) is 8.95. The van der Waals surface area contributed by atoms with Gasteiger partial charge in [0.2, 0.25) is 0 Å². The molecule has 0 aliphatic rings. The van der Waals surface area contributed by atoms with Crippen LogP contribution in [0, 0.1) is 0 Å². The van der Waals surface area contributed by atoms with E-state index in [0.717, 1.165) is 0 Å². The number of amides is 1. The second-order valence-corrected chi connectivity index (χ2v) is 6.94. The minimum Gasteiger partial charge on any atom is -0.486 e. The molecule has 0 fully saturated rings. The van der Waals surface area contributed by atoms with Gasteiger partial charge in [0, 0.05) is 21.3 Å². The highest BCUT2D eigenvalue weighted by Crippen LogP contribution is 2.23. The largest absolute Gasteiger partial charge is 0.486 e. The molecule has 0 atom stereocenters. The van der Waals surface area contributed by atoms with Crippen molar-refractivity contribution in [3.8, 4) is 5.75 Å². The van der Waals surface area contributed by atoms with Crippen molar-refractivity contribution >= 4 is 34.8 Å². The Kier molecular flexibility index (Phi) is 5.93. The van der Waals surface area contributed by atoms with Crippen LogP contribution in [0.1, 0.15) is 36.1 Å². The third-order valence-electron chi connectivity index (χ3n) is 3.63. The average Bonchev–Trinajstić information content (AvgIpc) is 3.08. The number of carbonyl (C=O) groups excluding carboxylic acids is 1. The van der Waals surface area contributed by atoms with Crippen molar-refractivity contribution < 1.29 is 9.53 Å². The number of nitrogens with one attached hydrogen (secondary N) is 1. The smallest absolute Gasteiger partial charge is 0.255 e. The molecule has 3 aromatic rings. The Morgan fingerprint density at radius 3 is 2.63 bits per heavy atom. The zero-order valence-corrected chi connectivity index (χ0v) is 16.2. The minimum atomic E-state index is -0.300. The summed E-state index contributed by atoms with van der Waals surface area (Å²) >= 11 is 11.9. The van der Waals surface area contributed by atoms with Crippen molar-refractivity contribution in [2.24, 2.45) is 0 Å². The van der Waals surface area contributed by atoms with Gasteiger partial charge in [0.1, 0.15) is 12.4 Å². The lowest BCUT2D eigenvalue weighted by molar-refractivity contribution is 0.102. The summed E-state index contributed by atoms with van der Waals surface area (Å²) in [5, 5.41) is 15.2. The Bertz CT molecular complexity index is 938. The summed E-state index contributed by atoms with van der Waals surface area (Å²) in [5.41, 5.74) is 0.951. The molecule has 1 aromatic heterocycles. The van der Waals surface area contributed by atoms with E-state index < -0.39 is 0 Å². The third kappa shape index (κ3) is 4.96. The van der Waals surface area contributed by atoms with Gasteiger partial charge in [0.05, 0.1) is 6.04 Å². The maximum absolute atomic E-state index is 12.5. The predicted octanol–water partition coefficient (Wildman–Crippen LogP) is 4.39. The monoisotopic (exact) mass is 405 g/mol. The highest BCUT2D eigenvalue weighted by Gasteiger charge is 2.12. The van der Waals surface area contributed by atoms with Gasteiger partial charge < -0.3 is 10.1 Å². The molecule has 0 spiro atoms. The molecular weight excluding hydrogens is 389 g/mol. The van der Waals surface area contributed by atoms with Crippen LogP contribution < -0.4 is 10.1 Å². The van der Waals surface area contributed by atoms with Gasteiger partial charge in [-0.1, -0.05) is 29.3 Å². The van der Waals surface area contributed by atoms with Crippen LogP contribution in [0.5, 0.6) is 5.75 Å². The fraction of sp³-hybridized carbons (Fsp3) is 0.222. The molecule has 1 amide bonds. The van der Waals surface area contributed by atoms with Gasteiger partial charge in [-0.05, 0) is 60.7 Å². The van der Waals surface area contributed by atoms with Gasteiger partial charge in [-0.2, -0.15) is 0 Å². The molecule has 0 saturated carbocycles. The molecule has 27 heavy (non-hydrogen) atoms. The summed E-state index contributed by atoms with van der Waals surface area (Å²) in [5.74, 6) is 0.837. The van der Waals surface area contributed by atoms with Gasteiger partial charge in [-0.15, -0.1) is 5.10 Å². The zero-order valence-electron chi connectivity index (χ0n) is 14.7. The molecule has 0 radical (unpaired) electrons. The Balaban J connectivity index is 1.69. The standard InChI is InChI=1S/C18H17Cl2N5O2/c1-11(2)25-17(22-23-24-25)10-27-16-5-3-4-12(6-16)18(26)21-15-8-13(19)7-14(20)9-15/h3-9,11H,10H2,1-2H3,(H,21,26). The lowest BCUT2D eigenvalue weighted by Crippen LogP contribution is -2.13. The van der Waals surface area contributed by atoms with E-state index in [1.54, 1.807) is 47.1 Å². The van der Waals surface area contributed by atoms with Crippen molar-refractivity contribution in [1.29, 1.82) is 0 Å². The predicted molar refractivity (Wildman–Crippen MR) is 103 cm³/mol. The molecule has 1 heterocycles. The summed E-state index contributed by atoms with van der Waals surface area (Å²) in [6.07, 6.45) is 0. The normalized spacial score (nSPS) is 10.9. The first-order valence-electron chi connectivity index (χ1n) is 8.19. The fourth-order valence-electron chi connectivity index (χ4n) is 2.41. The molecule has 0 aliphatic carbocycles. The maximum Gasteiger partial charge on any atom is 0.255 e. The van der Waals surface area contributed by atoms with Crippen molar-refractivity contribution in [1.82, 2.24) is 20.2 Å². The number of nitrogens with zero attached hydrogens (tertiary/aromatic N) is 4. The maximum atomic E-state index is 12.5. The molecule has 0 saturated heterocycles. The van der Waals surface area contributed by atoms with E-state index in [0.29, 0.717) is 32.9 Å². The van der Waals surface area contributed by atoms with Gasteiger partial charge in [0.25, 0.3) is 5.91 Å². The number of anilines is 1. The topological polar surface area (TPSA) is 81.9 Å². The average molecular weight is 406 g/mol. The molecule has 9 heteroatoms. The van der Waals surface area contributed by atoms with E-state index in [1.807, 2.05) is 13.8 Å². The highest BCUT2D eigenvalue weighted by molar-refractivity contribution is 6.35. The SMILES string of the molecule is CC(C)n1nnnc1COc1cccc(C(=O)Nc2cc(Cl)cc(Cl)c2)c1. The lowest BCUT2D eigenvalue weighted by Gasteiger charge is -2.10. The Labute approximate surface area is 166 Å². The molecule has 140 valence electrons. The van der Waals surface area contributed by atoms with Crippen molar-refractivity contribution in [3.63, 3.8) is 0 Å². The number of halogens is 2. The second-order valence-electron chi connectivity index (χ2n) is 6.06. The summed E-state index contributed by atoms with van der Waals surface area (Å²) in [7, 11) is 0. The van der Waals surface area contributed by atoms with Crippen LogP contribution in [0.25, 0.3) is 0 Å². The van der Waals surface area contributed by atoms with E-state index in [-0.39, 0.29) is 18.6 Å². The quantitative estimate of drug-likeness (QED) is 0.657. The van der Waals surface area contributed by atoms with Crippen LogP contribution in [0.15, 0.2) is 42.5 Å². The molecule has 3 rings (SSSR count). The zero-order chi connectivity index (χ0) is 19.4. The van der Waals surface area contributed by atoms with Crippen LogP contribution in [0.2, 0.25) is 10.0 Å². The summed E-state index contributed by atoms with van der Waals surface area (Å²) in [4.78, 5) is 12.5. The lowest BCUT2D eigenvalue weighted by atomic mass is 10.2. The second kappa shape index (κ2) is 8.37.